The smallest absolute Gasteiger partial charge is 0.0608 e. The highest BCUT2D eigenvalue weighted by Crippen LogP contribution is 2.35. The number of aliphatic hydroxyl groups excluding tert-OH is 1. The van der Waals surface area contributed by atoms with E-state index in [9.17, 15) is 5.11 Å². The van der Waals surface area contributed by atoms with Crippen LogP contribution in [0, 0.1) is 5.92 Å². The van der Waals surface area contributed by atoms with Gasteiger partial charge in [0.15, 0.2) is 0 Å². The van der Waals surface area contributed by atoms with Crippen LogP contribution in [0.4, 0.5) is 0 Å². The second kappa shape index (κ2) is 3.67. The molecule has 13 heavy (non-hydrogen) atoms. The van der Waals surface area contributed by atoms with E-state index in [2.05, 4.69) is 19.1 Å². The van der Waals surface area contributed by atoms with Crippen LogP contribution in [0.3, 0.4) is 0 Å². The number of hydrogen-bond donors (Lipinski definition) is 1. The Labute approximate surface area is 80.2 Å². The maximum Gasteiger partial charge on any atom is 0.0608 e. The van der Waals surface area contributed by atoms with Gasteiger partial charge in [0.1, 0.15) is 0 Å². The first kappa shape index (κ1) is 9.01. The number of aliphatic hydroxyl groups is 1. The van der Waals surface area contributed by atoms with E-state index in [0.29, 0.717) is 5.92 Å². The van der Waals surface area contributed by atoms with Crippen molar-refractivity contribution in [1.82, 2.24) is 0 Å². The van der Waals surface area contributed by atoms with Crippen LogP contribution in [0.25, 0.3) is 0 Å². The molecule has 0 aromatic heterocycles. The van der Waals surface area contributed by atoms with Crippen molar-refractivity contribution in [1.29, 1.82) is 0 Å². The van der Waals surface area contributed by atoms with Crippen molar-refractivity contribution in [3.8, 4) is 0 Å². The van der Waals surface area contributed by atoms with Crippen molar-refractivity contribution in [2.24, 2.45) is 5.92 Å². The molecule has 2 aliphatic carbocycles. The molecule has 0 heterocycles. The fourth-order valence-electron chi connectivity index (χ4n) is 2.55. The van der Waals surface area contributed by atoms with Crippen molar-refractivity contribution in [3.05, 3.63) is 23.3 Å². The van der Waals surface area contributed by atoms with Crippen LogP contribution >= 0.6 is 0 Å². The van der Waals surface area contributed by atoms with E-state index in [1.165, 1.54) is 17.6 Å². The third-order valence-electron chi connectivity index (χ3n) is 3.35. The minimum absolute atomic E-state index is 0.0857. The molecule has 0 aromatic rings. The Hall–Kier alpha value is -0.560. The molecule has 2 aliphatic rings. The topological polar surface area (TPSA) is 20.2 Å². The maximum atomic E-state index is 9.93. The highest BCUT2D eigenvalue weighted by atomic mass is 16.3. The third kappa shape index (κ3) is 1.71. The summed E-state index contributed by atoms with van der Waals surface area (Å²) in [4.78, 5) is 0. The van der Waals surface area contributed by atoms with Gasteiger partial charge in [0.2, 0.25) is 0 Å². The molecule has 1 nitrogen and oxygen atoms in total. The lowest BCUT2D eigenvalue weighted by Gasteiger charge is -2.25. The van der Waals surface area contributed by atoms with Crippen molar-refractivity contribution >= 4 is 0 Å². The van der Waals surface area contributed by atoms with Crippen LogP contribution < -0.4 is 0 Å². The summed E-state index contributed by atoms with van der Waals surface area (Å²) in [5.41, 5.74) is 2.92. The maximum absolute atomic E-state index is 9.93. The van der Waals surface area contributed by atoms with E-state index in [0.717, 1.165) is 25.7 Å². The third-order valence-corrected chi connectivity index (χ3v) is 3.35. The molecule has 2 unspecified atom stereocenters. The zero-order valence-electron chi connectivity index (χ0n) is 8.29. The van der Waals surface area contributed by atoms with Gasteiger partial charge in [-0.25, -0.2) is 0 Å². The molecule has 1 heteroatoms. The highest BCUT2D eigenvalue weighted by Gasteiger charge is 2.26. The van der Waals surface area contributed by atoms with Crippen LogP contribution in [-0.4, -0.2) is 11.2 Å². The SMILES string of the molecule is CC1=C2C=CCCC2C(O)CCC1. The van der Waals surface area contributed by atoms with Crippen LogP contribution in [-0.2, 0) is 0 Å². The number of hydrogen-bond acceptors (Lipinski definition) is 1. The second-order valence-corrected chi connectivity index (χ2v) is 4.28. The second-order valence-electron chi connectivity index (χ2n) is 4.28. The summed E-state index contributed by atoms with van der Waals surface area (Å²) in [7, 11) is 0. The quantitative estimate of drug-likeness (QED) is 0.604. The summed E-state index contributed by atoms with van der Waals surface area (Å²) in [6.07, 6.45) is 9.99. The number of rotatable bonds is 0. The van der Waals surface area contributed by atoms with Gasteiger partial charge in [-0.15, -0.1) is 0 Å². The Morgan fingerprint density at radius 1 is 1.38 bits per heavy atom. The van der Waals surface area contributed by atoms with Crippen LogP contribution in [0.15, 0.2) is 23.3 Å². The average Bonchev–Trinajstić information content (AvgIpc) is 2.29. The van der Waals surface area contributed by atoms with Gasteiger partial charge < -0.3 is 5.11 Å². The molecule has 0 spiro atoms. The van der Waals surface area contributed by atoms with Gasteiger partial charge in [-0.1, -0.05) is 17.7 Å². The van der Waals surface area contributed by atoms with E-state index in [4.69, 9.17) is 0 Å². The molecule has 2 atom stereocenters. The first-order valence-corrected chi connectivity index (χ1v) is 5.33. The first-order valence-electron chi connectivity index (χ1n) is 5.33. The van der Waals surface area contributed by atoms with Crippen LogP contribution in [0.5, 0.6) is 0 Å². The minimum Gasteiger partial charge on any atom is -0.392 e. The normalized spacial score (nSPS) is 34.3. The van der Waals surface area contributed by atoms with Gasteiger partial charge >= 0.3 is 0 Å². The molecule has 72 valence electrons. The Kier molecular flexibility index (Phi) is 2.54. The van der Waals surface area contributed by atoms with Gasteiger partial charge in [0, 0.05) is 5.92 Å². The molecule has 0 aliphatic heterocycles. The van der Waals surface area contributed by atoms with E-state index in [1.807, 2.05) is 0 Å². The lowest BCUT2D eigenvalue weighted by molar-refractivity contribution is 0.113. The summed E-state index contributed by atoms with van der Waals surface area (Å²) in [5.74, 6) is 0.437. The van der Waals surface area contributed by atoms with E-state index < -0.39 is 0 Å². The predicted molar refractivity (Wildman–Crippen MR) is 54.4 cm³/mol. The van der Waals surface area contributed by atoms with Crippen LogP contribution in [0.1, 0.15) is 39.0 Å². The molecule has 0 bridgehead atoms. The Morgan fingerprint density at radius 2 is 2.23 bits per heavy atom. The van der Waals surface area contributed by atoms with Crippen molar-refractivity contribution in [2.75, 3.05) is 0 Å². The molecule has 0 saturated heterocycles. The van der Waals surface area contributed by atoms with Gasteiger partial charge in [-0.2, -0.15) is 0 Å². The fourth-order valence-corrected chi connectivity index (χ4v) is 2.55. The van der Waals surface area contributed by atoms with Crippen LogP contribution in [0.2, 0.25) is 0 Å². The Morgan fingerprint density at radius 3 is 3.08 bits per heavy atom. The molecule has 0 saturated carbocycles. The first-order chi connectivity index (χ1) is 6.29. The van der Waals surface area contributed by atoms with E-state index >= 15 is 0 Å². The van der Waals surface area contributed by atoms with E-state index in [-0.39, 0.29) is 6.10 Å². The monoisotopic (exact) mass is 178 g/mol. The summed E-state index contributed by atoms with van der Waals surface area (Å²) in [5, 5.41) is 9.93. The number of fused-ring (bicyclic) bond motifs is 1. The summed E-state index contributed by atoms with van der Waals surface area (Å²) in [6, 6.07) is 0. The fraction of sp³-hybridized carbons (Fsp3) is 0.667. The minimum atomic E-state index is -0.0857. The Bertz CT molecular complexity index is 250. The molecular weight excluding hydrogens is 160 g/mol. The average molecular weight is 178 g/mol. The van der Waals surface area contributed by atoms with Gasteiger partial charge in [-0.05, 0) is 44.6 Å². The largest absolute Gasteiger partial charge is 0.392 e. The standard InChI is InChI=1S/C12H18O/c1-9-5-4-8-12(13)11-7-3-2-6-10(9)11/h2,6,11-13H,3-5,7-8H2,1H3. The Balaban J connectivity index is 2.31. The predicted octanol–water partition coefficient (Wildman–Crippen LogP) is 2.81. The van der Waals surface area contributed by atoms with Crippen molar-refractivity contribution in [3.63, 3.8) is 0 Å². The summed E-state index contributed by atoms with van der Waals surface area (Å²) < 4.78 is 0. The zero-order valence-corrected chi connectivity index (χ0v) is 8.29. The number of allylic oxidation sites excluding steroid dienone is 3. The molecule has 0 aromatic carbocycles. The molecular formula is C12H18O. The summed E-state index contributed by atoms with van der Waals surface area (Å²) in [6.45, 7) is 2.22. The molecule has 1 N–H and O–H groups in total. The van der Waals surface area contributed by atoms with Crippen molar-refractivity contribution < 1.29 is 5.11 Å². The van der Waals surface area contributed by atoms with Gasteiger partial charge in [0.25, 0.3) is 0 Å². The summed E-state index contributed by atoms with van der Waals surface area (Å²) >= 11 is 0. The molecule has 0 radical (unpaired) electrons. The van der Waals surface area contributed by atoms with E-state index in [1.54, 1.807) is 0 Å². The van der Waals surface area contributed by atoms with Gasteiger partial charge in [-0.3, -0.25) is 0 Å². The lowest BCUT2D eigenvalue weighted by Crippen LogP contribution is -2.22. The highest BCUT2D eigenvalue weighted by molar-refractivity contribution is 5.31. The van der Waals surface area contributed by atoms with Gasteiger partial charge in [0.05, 0.1) is 6.10 Å². The molecule has 2 rings (SSSR count). The van der Waals surface area contributed by atoms with Crippen molar-refractivity contribution in [2.45, 2.75) is 45.1 Å². The molecule has 0 amide bonds. The zero-order chi connectivity index (χ0) is 9.26. The lowest BCUT2D eigenvalue weighted by atomic mass is 9.83. The molecule has 0 fully saturated rings.